The smallest absolute Gasteiger partial charge is 0.406 e. The van der Waals surface area contributed by atoms with Crippen LogP contribution in [0.1, 0.15) is 18.4 Å². The van der Waals surface area contributed by atoms with Gasteiger partial charge in [-0.15, -0.1) is 13.2 Å². The van der Waals surface area contributed by atoms with Gasteiger partial charge in [0.2, 0.25) is 0 Å². The van der Waals surface area contributed by atoms with Crippen molar-refractivity contribution < 1.29 is 36.6 Å². The fraction of sp³-hybridized carbons (Fsp3) is 0.240. The van der Waals surface area contributed by atoms with Crippen LogP contribution < -0.4 is 14.5 Å². The molecule has 1 aliphatic heterocycles. The van der Waals surface area contributed by atoms with Crippen molar-refractivity contribution >= 4 is 40.6 Å². The average molecular weight is 559 g/mol. The lowest BCUT2D eigenvalue weighted by Gasteiger charge is -2.55. The summed E-state index contributed by atoms with van der Waals surface area (Å²) in [5, 5.41) is 13.0. The SMILES string of the molecule is O=C1N(c2ccc(Cl)cc2)C2(CC(F)(F)C2)C(O)(c2cccc(OC(F)(F)F)c2)N1c1ccc(Cl)cc1. The molecule has 2 aliphatic rings. The highest BCUT2D eigenvalue weighted by atomic mass is 35.5. The van der Waals surface area contributed by atoms with Crippen LogP contribution in [0.3, 0.4) is 0 Å². The Morgan fingerprint density at radius 3 is 1.84 bits per heavy atom. The Morgan fingerprint density at radius 1 is 0.838 bits per heavy atom. The van der Waals surface area contributed by atoms with Crippen molar-refractivity contribution in [1.82, 2.24) is 0 Å². The second-order valence-corrected chi connectivity index (χ2v) is 9.77. The van der Waals surface area contributed by atoms with Crippen LogP contribution in [0.4, 0.5) is 38.1 Å². The predicted octanol–water partition coefficient (Wildman–Crippen LogP) is 7.35. The van der Waals surface area contributed by atoms with E-state index in [-0.39, 0.29) is 16.9 Å². The number of nitrogens with zero attached hydrogens (tertiary/aromatic N) is 2. The molecule has 2 fully saturated rings. The number of carbonyl (C=O) groups is 1. The molecule has 0 bridgehead atoms. The molecule has 194 valence electrons. The number of rotatable bonds is 4. The first-order valence-electron chi connectivity index (χ1n) is 10.9. The first kappa shape index (κ1) is 25.6. The predicted molar refractivity (Wildman–Crippen MR) is 127 cm³/mol. The molecule has 1 saturated heterocycles. The van der Waals surface area contributed by atoms with Gasteiger partial charge in [-0.2, -0.15) is 0 Å². The second-order valence-electron chi connectivity index (χ2n) is 8.90. The maximum Gasteiger partial charge on any atom is 0.573 e. The molecular formula is C25H17Cl2F5N2O3. The van der Waals surface area contributed by atoms with E-state index in [9.17, 15) is 31.9 Å². The second kappa shape index (κ2) is 8.47. The van der Waals surface area contributed by atoms with E-state index < -0.39 is 48.2 Å². The van der Waals surface area contributed by atoms with Gasteiger partial charge >= 0.3 is 12.4 Å². The Hall–Kier alpha value is -3.08. The van der Waals surface area contributed by atoms with E-state index in [1.54, 1.807) is 0 Å². The van der Waals surface area contributed by atoms with Gasteiger partial charge in [0.15, 0.2) is 5.72 Å². The van der Waals surface area contributed by atoms with Crippen molar-refractivity contribution in [2.75, 3.05) is 9.80 Å². The van der Waals surface area contributed by atoms with Gasteiger partial charge < -0.3 is 9.84 Å². The molecule has 0 aromatic heterocycles. The molecule has 3 aromatic rings. The normalized spacial score (nSPS) is 22.3. The van der Waals surface area contributed by atoms with Crippen LogP contribution in [0, 0.1) is 0 Å². The topological polar surface area (TPSA) is 53.0 Å². The fourth-order valence-corrected chi connectivity index (χ4v) is 5.39. The van der Waals surface area contributed by atoms with Gasteiger partial charge in [-0.25, -0.2) is 13.6 Å². The van der Waals surface area contributed by atoms with Crippen molar-refractivity contribution in [1.29, 1.82) is 0 Å². The van der Waals surface area contributed by atoms with Crippen molar-refractivity contribution in [2.24, 2.45) is 0 Å². The zero-order valence-electron chi connectivity index (χ0n) is 18.6. The van der Waals surface area contributed by atoms with Gasteiger partial charge in [-0.1, -0.05) is 35.3 Å². The Balaban J connectivity index is 1.75. The molecule has 1 N–H and O–H groups in total. The van der Waals surface area contributed by atoms with Gasteiger partial charge in [-0.3, -0.25) is 9.80 Å². The molecule has 1 heterocycles. The summed E-state index contributed by atoms with van der Waals surface area (Å²) in [5.41, 5.74) is -4.49. The number of anilines is 2. The molecule has 3 aromatic carbocycles. The third-order valence-electron chi connectivity index (χ3n) is 6.53. The molecular weight excluding hydrogens is 542 g/mol. The quantitative estimate of drug-likeness (QED) is 0.340. The summed E-state index contributed by atoms with van der Waals surface area (Å²) in [6.45, 7) is 0. The Kier molecular flexibility index (Phi) is 5.85. The summed E-state index contributed by atoms with van der Waals surface area (Å²) in [4.78, 5) is 15.9. The molecule has 0 radical (unpaired) electrons. The molecule has 1 spiro atoms. The standard InChI is InChI=1S/C25H17Cl2F5N2O3/c26-16-4-8-18(9-5-16)33-21(35)34(19-10-6-17(27)7-11-19)24(36,22(33)13-23(28,29)14-22)15-2-1-3-20(12-15)37-25(30,31)32/h1-12,36H,13-14H2. The Morgan fingerprint density at radius 2 is 1.35 bits per heavy atom. The summed E-state index contributed by atoms with van der Waals surface area (Å²) >= 11 is 12.0. The van der Waals surface area contributed by atoms with Crippen LogP contribution >= 0.6 is 23.2 Å². The number of alkyl halides is 5. The largest absolute Gasteiger partial charge is 0.573 e. The molecule has 2 amide bonds. The lowest BCUT2D eigenvalue weighted by molar-refractivity contribution is -0.274. The Labute approximate surface area is 217 Å². The number of benzene rings is 3. The van der Waals surface area contributed by atoms with Gasteiger partial charge in [0, 0.05) is 39.8 Å². The highest BCUT2D eigenvalue weighted by molar-refractivity contribution is 6.31. The number of ether oxygens (including phenoxy) is 1. The maximum absolute atomic E-state index is 14.6. The average Bonchev–Trinajstić information content (AvgIpc) is 2.98. The lowest BCUT2D eigenvalue weighted by atomic mass is 9.64. The van der Waals surface area contributed by atoms with Crippen LogP contribution in [0.5, 0.6) is 5.75 Å². The van der Waals surface area contributed by atoms with E-state index in [1.807, 2.05) is 0 Å². The molecule has 37 heavy (non-hydrogen) atoms. The fourth-order valence-electron chi connectivity index (χ4n) is 5.14. The minimum atomic E-state index is -5.04. The van der Waals surface area contributed by atoms with Crippen LogP contribution in [0.15, 0.2) is 72.8 Å². The van der Waals surface area contributed by atoms with Gasteiger partial charge in [-0.05, 0) is 60.7 Å². The third-order valence-corrected chi connectivity index (χ3v) is 7.03. The van der Waals surface area contributed by atoms with E-state index in [2.05, 4.69) is 4.74 Å². The van der Waals surface area contributed by atoms with E-state index in [1.165, 1.54) is 60.7 Å². The van der Waals surface area contributed by atoms with E-state index in [4.69, 9.17) is 23.2 Å². The van der Waals surface area contributed by atoms with E-state index >= 15 is 0 Å². The molecule has 1 aliphatic carbocycles. The van der Waals surface area contributed by atoms with Gasteiger partial charge in [0.05, 0.1) is 0 Å². The van der Waals surface area contributed by atoms with Crippen molar-refractivity contribution in [2.45, 2.75) is 36.4 Å². The molecule has 5 nitrogen and oxygen atoms in total. The minimum Gasteiger partial charge on any atom is -0.406 e. The zero-order chi connectivity index (χ0) is 26.8. The Bertz CT molecular complexity index is 1340. The number of hydrogen-bond acceptors (Lipinski definition) is 3. The summed E-state index contributed by atoms with van der Waals surface area (Å²) < 4.78 is 72.0. The first-order valence-corrected chi connectivity index (χ1v) is 11.6. The first-order chi connectivity index (χ1) is 17.3. The number of halogens is 7. The van der Waals surface area contributed by atoms with Crippen LogP contribution in [0.25, 0.3) is 0 Å². The van der Waals surface area contributed by atoms with Crippen LogP contribution in [-0.4, -0.2) is 29.0 Å². The van der Waals surface area contributed by atoms with E-state index in [0.29, 0.717) is 10.0 Å². The number of urea groups is 1. The van der Waals surface area contributed by atoms with Gasteiger partial charge in [0.25, 0.3) is 5.92 Å². The lowest BCUT2D eigenvalue weighted by Crippen LogP contribution is -2.70. The summed E-state index contributed by atoms with van der Waals surface area (Å²) in [6.07, 6.45) is -6.96. The highest BCUT2D eigenvalue weighted by Crippen LogP contribution is 2.63. The summed E-state index contributed by atoms with van der Waals surface area (Å²) in [5.74, 6) is -3.94. The van der Waals surface area contributed by atoms with Crippen LogP contribution in [-0.2, 0) is 5.72 Å². The van der Waals surface area contributed by atoms with Crippen molar-refractivity contribution in [3.05, 3.63) is 88.4 Å². The third kappa shape index (κ3) is 4.17. The maximum atomic E-state index is 14.6. The molecule has 1 saturated carbocycles. The number of hydrogen-bond donors (Lipinski definition) is 1. The molecule has 5 rings (SSSR count). The molecule has 1 unspecified atom stereocenters. The minimum absolute atomic E-state index is 0.0881. The van der Waals surface area contributed by atoms with Crippen molar-refractivity contribution in [3.8, 4) is 5.75 Å². The highest BCUT2D eigenvalue weighted by Gasteiger charge is 2.77. The van der Waals surface area contributed by atoms with Crippen molar-refractivity contribution in [3.63, 3.8) is 0 Å². The zero-order valence-corrected chi connectivity index (χ0v) is 20.2. The summed E-state index contributed by atoms with van der Waals surface area (Å²) in [6, 6.07) is 14.9. The van der Waals surface area contributed by atoms with Gasteiger partial charge in [0.1, 0.15) is 11.3 Å². The molecule has 1 atom stereocenters. The number of amides is 2. The number of carbonyl (C=O) groups excluding carboxylic acids is 1. The monoisotopic (exact) mass is 558 g/mol. The van der Waals surface area contributed by atoms with Crippen LogP contribution in [0.2, 0.25) is 10.0 Å². The molecule has 12 heteroatoms. The number of aliphatic hydroxyl groups is 1. The van der Waals surface area contributed by atoms with E-state index in [0.717, 1.165) is 21.9 Å². The summed E-state index contributed by atoms with van der Waals surface area (Å²) in [7, 11) is 0.